The van der Waals surface area contributed by atoms with Gasteiger partial charge < -0.3 is 40.7 Å². The highest BCUT2D eigenvalue weighted by Gasteiger charge is 2.52. The van der Waals surface area contributed by atoms with Crippen molar-refractivity contribution in [1.82, 2.24) is 34.0 Å². The summed E-state index contributed by atoms with van der Waals surface area (Å²) in [6.07, 6.45) is -6.16. The third-order valence-corrected chi connectivity index (χ3v) is 9.68. The van der Waals surface area contributed by atoms with E-state index in [4.69, 9.17) is 39.0 Å². The van der Waals surface area contributed by atoms with Gasteiger partial charge in [-0.15, -0.1) is 0 Å². The summed E-state index contributed by atoms with van der Waals surface area (Å²) in [6.45, 7) is -1.28. The van der Waals surface area contributed by atoms with Gasteiger partial charge in [0.15, 0.2) is 29.4 Å². The van der Waals surface area contributed by atoms with E-state index in [0.717, 1.165) is 0 Å². The second-order valence-corrected chi connectivity index (χ2v) is 13.5. The first kappa shape index (κ1) is 30.5. The van der Waals surface area contributed by atoms with Crippen LogP contribution in [-0.2, 0) is 36.7 Å². The molecular formula is C21H28N10O12P2. The zero-order valence-corrected chi connectivity index (χ0v) is 25.0. The lowest BCUT2D eigenvalue weighted by Gasteiger charge is -2.26. The monoisotopic (exact) mass is 674 g/mol. The Bertz CT molecular complexity index is 1810. The van der Waals surface area contributed by atoms with E-state index >= 15 is 0 Å². The minimum atomic E-state index is -4.92. The smallest absolute Gasteiger partial charge is 0.386 e. The van der Waals surface area contributed by atoms with E-state index in [0.29, 0.717) is 5.69 Å². The number of phosphoric ester groups is 2. The number of nitrogens with zero attached hydrogens (tertiary/aromatic N) is 7. The minimum Gasteiger partial charge on any atom is -0.386 e. The van der Waals surface area contributed by atoms with Crippen molar-refractivity contribution < 1.29 is 51.6 Å². The predicted molar refractivity (Wildman–Crippen MR) is 147 cm³/mol. The van der Waals surface area contributed by atoms with Gasteiger partial charge in [0.05, 0.1) is 38.3 Å². The number of nitrogen functional groups attached to an aromatic ring is 1. The van der Waals surface area contributed by atoms with Gasteiger partial charge in [0.2, 0.25) is 5.95 Å². The molecule has 45 heavy (non-hydrogen) atoms. The zero-order valence-electron chi connectivity index (χ0n) is 23.2. The zero-order chi connectivity index (χ0) is 31.8. The second kappa shape index (κ2) is 11.0. The third kappa shape index (κ3) is 5.52. The number of aromatic nitrogens is 6. The molecule has 10 atom stereocenters. The summed E-state index contributed by atoms with van der Waals surface area (Å²) >= 11 is 0. The van der Waals surface area contributed by atoms with Crippen molar-refractivity contribution in [1.29, 1.82) is 0 Å². The number of aromatic amines is 1. The maximum Gasteiger partial charge on any atom is 0.472 e. The molecule has 3 saturated heterocycles. The molecule has 24 heteroatoms. The average Bonchev–Trinajstić information content (AvgIpc) is 3.74. The van der Waals surface area contributed by atoms with E-state index in [-0.39, 0.29) is 29.4 Å². The molecule has 0 amide bonds. The first-order valence-electron chi connectivity index (χ1n) is 13.4. The van der Waals surface area contributed by atoms with Gasteiger partial charge in [0.25, 0.3) is 5.56 Å². The summed E-state index contributed by atoms with van der Waals surface area (Å²) in [5, 5.41) is 11.2. The normalized spacial score (nSPS) is 38.8. The Labute approximate surface area is 251 Å². The molecule has 2 bridgehead atoms. The first-order valence-corrected chi connectivity index (χ1v) is 16.4. The number of hydrogen-bond donors (Lipinski definition) is 6. The van der Waals surface area contributed by atoms with Crippen LogP contribution in [0.25, 0.3) is 11.2 Å². The van der Waals surface area contributed by atoms with Gasteiger partial charge in [-0.1, -0.05) is 0 Å². The molecule has 0 aromatic carbocycles. The van der Waals surface area contributed by atoms with E-state index in [1.54, 1.807) is 11.9 Å². The fourth-order valence-electron chi connectivity index (χ4n) is 5.54. The number of aliphatic imine (C=N–C) groups is 1. The number of rotatable bonds is 2. The second-order valence-electron chi connectivity index (χ2n) is 10.7. The molecule has 22 nitrogen and oxygen atoms in total. The summed E-state index contributed by atoms with van der Waals surface area (Å²) < 4.78 is 62.0. The number of aliphatic hydroxyl groups is 1. The average molecular weight is 674 g/mol. The lowest BCUT2D eigenvalue weighted by atomic mass is 10.1. The first-order chi connectivity index (χ1) is 21.3. The minimum absolute atomic E-state index is 0.0109. The summed E-state index contributed by atoms with van der Waals surface area (Å²) in [7, 11) is -8.14. The highest BCUT2D eigenvalue weighted by atomic mass is 31.2. The topological polar surface area (TPSA) is 299 Å². The Kier molecular flexibility index (Phi) is 7.47. The van der Waals surface area contributed by atoms with Crippen LogP contribution in [0.5, 0.6) is 0 Å². The van der Waals surface area contributed by atoms with Crippen LogP contribution in [0.2, 0.25) is 0 Å². The highest BCUT2D eigenvalue weighted by molar-refractivity contribution is 7.47. The molecule has 0 saturated carbocycles. The van der Waals surface area contributed by atoms with Crippen LogP contribution in [0.3, 0.4) is 0 Å². The summed E-state index contributed by atoms with van der Waals surface area (Å²) in [4.78, 5) is 54.2. The number of nitrogens with one attached hydrogen (secondary N) is 1. The largest absolute Gasteiger partial charge is 0.472 e. The van der Waals surface area contributed by atoms with Gasteiger partial charge in [-0.05, 0) is 0 Å². The Morgan fingerprint density at radius 2 is 1.76 bits per heavy atom. The van der Waals surface area contributed by atoms with Crippen molar-refractivity contribution in [2.45, 2.75) is 55.6 Å². The molecule has 8 N–H and O–H groups in total. The van der Waals surface area contributed by atoms with E-state index < -0.39 is 83.6 Å². The molecule has 7 heterocycles. The van der Waals surface area contributed by atoms with E-state index in [9.17, 15) is 28.8 Å². The Morgan fingerprint density at radius 3 is 2.56 bits per heavy atom. The Hall–Kier alpha value is -3.11. The van der Waals surface area contributed by atoms with Gasteiger partial charge in [0, 0.05) is 13.5 Å². The van der Waals surface area contributed by atoms with E-state index in [1.165, 1.54) is 28.1 Å². The van der Waals surface area contributed by atoms with Crippen LogP contribution in [0.4, 0.5) is 11.8 Å². The molecule has 4 aliphatic heterocycles. The van der Waals surface area contributed by atoms with Gasteiger partial charge in [-0.2, -0.15) is 4.98 Å². The maximum atomic E-state index is 13.2. The summed E-state index contributed by atoms with van der Waals surface area (Å²) in [5.74, 6) is 0.0371. The molecule has 3 aromatic heterocycles. The standard InChI is InChI=1S/C21H28N10O12P2/c1-29-5-26-16-11(15(29)22)24-6-30(16)20-13(32)14-10(41-20)4-39-44(34,35)42-9-2-8(3-38-45(36,37)43-14)40-19(9)31-7-25-12-17(31)27-21(23)28-18(12)33/h5-10,13-15,19-20,32H,2-4,22H2,1H3,(H,34,35)(H,36,37)(H3,23,27,28,33)/t8-,9?,10+,13?,14?,15?,19+,20+/m0/s1. The summed E-state index contributed by atoms with van der Waals surface area (Å²) in [6, 6.07) is 0. The Balaban J connectivity index is 1.17. The SMILES string of the molecule is CN1C=Nc2c(ncn2[C@@H]2O[C@@H]3COP(=O)(O)OC4C[C@@H](COP(=O)(O)OC3C2O)O[C@H]4n2cnc3c(=O)[nH]c(N)nc32)C1N. The van der Waals surface area contributed by atoms with Crippen LogP contribution >= 0.6 is 15.6 Å². The number of anilines is 1. The molecule has 244 valence electrons. The lowest BCUT2D eigenvalue weighted by molar-refractivity contribution is -0.0673. The van der Waals surface area contributed by atoms with Crippen LogP contribution in [0.1, 0.15) is 30.7 Å². The van der Waals surface area contributed by atoms with Gasteiger partial charge in [-0.3, -0.25) is 37.0 Å². The van der Waals surface area contributed by atoms with Crippen LogP contribution in [0, 0.1) is 0 Å². The number of fused-ring (bicyclic) bond motifs is 5. The van der Waals surface area contributed by atoms with Crippen molar-refractivity contribution in [2.24, 2.45) is 10.7 Å². The van der Waals surface area contributed by atoms with Gasteiger partial charge in [0.1, 0.15) is 36.3 Å². The molecule has 7 rings (SSSR count). The van der Waals surface area contributed by atoms with Crippen molar-refractivity contribution in [3.05, 3.63) is 28.7 Å². The summed E-state index contributed by atoms with van der Waals surface area (Å²) in [5.41, 5.74) is 11.5. The number of hydrogen-bond acceptors (Lipinski definition) is 17. The lowest BCUT2D eigenvalue weighted by Crippen LogP contribution is -2.36. The highest BCUT2D eigenvalue weighted by Crippen LogP contribution is 2.54. The number of aliphatic hydroxyl groups excluding tert-OH is 1. The van der Waals surface area contributed by atoms with Crippen molar-refractivity contribution in [3.63, 3.8) is 0 Å². The van der Waals surface area contributed by atoms with Crippen molar-refractivity contribution in [2.75, 3.05) is 26.0 Å². The van der Waals surface area contributed by atoms with Crippen LogP contribution in [0.15, 0.2) is 22.4 Å². The maximum absolute atomic E-state index is 13.2. The number of phosphoric acid groups is 2. The molecule has 6 unspecified atom stereocenters. The van der Waals surface area contributed by atoms with Crippen molar-refractivity contribution >= 4 is 44.9 Å². The quantitative estimate of drug-likeness (QED) is 0.173. The van der Waals surface area contributed by atoms with Gasteiger partial charge >= 0.3 is 15.6 Å². The van der Waals surface area contributed by atoms with Crippen LogP contribution in [-0.4, -0.2) is 106 Å². The number of ether oxygens (including phenoxy) is 2. The van der Waals surface area contributed by atoms with Crippen molar-refractivity contribution in [3.8, 4) is 0 Å². The molecule has 0 spiro atoms. The van der Waals surface area contributed by atoms with Crippen LogP contribution < -0.4 is 17.0 Å². The molecule has 3 aromatic rings. The molecule has 4 aliphatic rings. The van der Waals surface area contributed by atoms with E-state index in [1.807, 2.05) is 0 Å². The number of imidazole rings is 2. The molecule has 3 fully saturated rings. The third-order valence-electron chi connectivity index (χ3n) is 7.68. The van der Waals surface area contributed by atoms with Gasteiger partial charge in [-0.25, -0.2) is 24.1 Å². The predicted octanol–water partition coefficient (Wildman–Crippen LogP) is -1.28. The molecular weight excluding hydrogens is 646 g/mol. The molecule has 0 radical (unpaired) electrons. The number of H-pyrrole nitrogens is 1. The number of nitrogens with two attached hydrogens (primary N) is 2. The fourth-order valence-corrected chi connectivity index (χ4v) is 7.46. The molecule has 0 aliphatic carbocycles. The fraction of sp³-hybridized carbons (Fsp3) is 0.571. The Morgan fingerprint density at radius 1 is 1.02 bits per heavy atom. The van der Waals surface area contributed by atoms with E-state index in [2.05, 4.69) is 24.9 Å².